The van der Waals surface area contributed by atoms with E-state index in [2.05, 4.69) is 23.3 Å². The van der Waals surface area contributed by atoms with Crippen molar-refractivity contribution >= 4 is 31.4 Å². The molecule has 0 bridgehead atoms. The Kier molecular flexibility index (Phi) is 12.7. The van der Waals surface area contributed by atoms with Gasteiger partial charge in [0.05, 0.1) is 23.9 Å². The van der Waals surface area contributed by atoms with Gasteiger partial charge in [0.25, 0.3) is 0 Å². The standard InChI is InChI=1S/2C14H15NO3S.C3H8/c2*1-11-8-9-13(15-19(2,16)17)14(10-11)18-12-6-4-3-5-7-12;1-3-2/h2*3-10,15H,1-2H3;3H2,1-2H3. The molecule has 4 rings (SSSR count). The van der Waals surface area contributed by atoms with Crippen LogP contribution in [0.2, 0.25) is 0 Å². The minimum absolute atomic E-state index is 0.428. The number of para-hydroxylation sites is 2. The van der Waals surface area contributed by atoms with Gasteiger partial charge in [-0.25, -0.2) is 16.8 Å². The zero-order chi connectivity index (χ0) is 30.5. The Labute approximate surface area is 244 Å². The Hall–Kier alpha value is -4.02. The topological polar surface area (TPSA) is 111 Å². The lowest BCUT2D eigenvalue weighted by Crippen LogP contribution is -2.10. The van der Waals surface area contributed by atoms with E-state index in [1.54, 1.807) is 24.3 Å². The van der Waals surface area contributed by atoms with Crippen LogP contribution in [-0.4, -0.2) is 29.3 Å². The maximum Gasteiger partial charge on any atom is 0.229 e. The van der Waals surface area contributed by atoms with Gasteiger partial charge in [0, 0.05) is 0 Å². The summed E-state index contributed by atoms with van der Waals surface area (Å²) in [7, 11) is -6.67. The molecule has 220 valence electrons. The van der Waals surface area contributed by atoms with Gasteiger partial charge in [0.1, 0.15) is 11.5 Å². The highest BCUT2D eigenvalue weighted by atomic mass is 32.2. The van der Waals surface area contributed by atoms with Gasteiger partial charge in [-0.1, -0.05) is 68.8 Å². The number of hydrogen-bond acceptors (Lipinski definition) is 6. The van der Waals surface area contributed by atoms with Crippen LogP contribution in [-0.2, 0) is 20.0 Å². The maximum atomic E-state index is 11.3. The van der Waals surface area contributed by atoms with Crippen molar-refractivity contribution in [2.45, 2.75) is 34.1 Å². The summed E-state index contributed by atoms with van der Waals surface area (Å²) >= 11 is 0. The van der Waals surface area contributed by atoms with Crippen LogP contribution < -0.4 is 18.9 Å². The zero-order valence-electron chi connectivity index (χ0n) is 24.2. The van der Waals surface area contributed by atoms with E-state index in [9.17, 15) is 16.8 Å². The highest BCUT2D eigenvalue weighted by molar-refractivity contribution is 7.92. The minimum atomic E-state index is -3.33. The molecule has 0 radical (unpaired) electrons. The first-order valence-electron chi connectivity index (χ1n) is 12.9. The Morgan fingerprint density at radius 3 is 1.17 bits per heavy atom. The van der Waals surface area contributed by atoms with Gasteiger partial charge in [0.15, 0.2) is 11.5 Å². The van der Waals surface area contributed by atoms with Crippen LogP contribution in [0.15, 0.2) is 97.1 Å². The Morgan fingerprint density at radius 2 is 0.878 bits per heavy atom. The van der Waals surface area contributed by atoms with Gasteiger partial charge in [-0.3, -0.25) is 9.44 Å². The lowest BCUT2D eigenvalue weighted by molar-refractivity contribution is 0.484. The van der Waals surface area contributed by atoms with E-state index < -0.39 is 20.0 Å². The number of anilines is 2. The van der Waals surface area contributed by atoms with E-state index in [1.807, 2.05) is 86.6 Å². The normalized spacial score (nSPS) is 10.7. The third kappa shape index (κ3) is 13.3. The Morgan fingerprint density at radius 1 is 0.561 bits per heavy atom. The second-order valence-corrected chi connectivity index (χ2v) is 12.8. The average molecular weight is 599 g/mol. The van der Waals surface area contributed by atoms with Crippen LogP contribution in [0.1, 0.15) is 31.4 Å². The van der Waals surface area contributed by atoms with Gasteiger partial charge >= 0.3 is 0 Å². The molecule has 0 heterocycles. The van der Waals surface area contributed by atoms with Crippen molar-refractivity contribution in [1.29, 1.82) is 0 Å². The third-order valence-electron chi connectivity index (χ3n) is 4.81. The molecule has 41 heavy (non-hydrogen) atoms. The molecule has 0 saturated heterocycles. The molecule has 0 aromatic heterocycles. The smallest absolute Gasteiger partial charge is 0.229 e. The van der Waals surface area contributed by atoms with Gasteiger partial charge in [-0.2, -0.15) is 0 Å². The van der Waals surface area contributed by atoms with E-state index >= 15 is 0 Å². The van der Waals surface area contributed by atoms with E-state index in [4.69, 9.17) is 9.47 Å². The number of sulfonamides is 2. The first-order valence-corrected chi connectivity index (χ1v) is 16.7. The number of rotatable bonds is 8. The summed E-state index contributed by atoms with van der Waals surface area (Å²) in [5.74, 6) is 2.28. The van der Waals surface area contributed by atoms with Crippen molar-refractivity contribution in [3.8, 4) is 23.0 Å². The van der Waals surface area contributed by atoms with Crippen LogP contribution in [0.25, 0.3) is 0 Å². The van der Waals surface area contributed by atoms with Gasteiger partial charge in [-0.15, -0.1) is 0 Å². The first-order chi connectivity index (χ1) is 19.3. The fourth-order valence-corrected chi connectivity index (χ4v) is 4.36. The van der Waals surface area contributed by atoms with E-state index in [0.29, 0.717) is 34.4 Å². The summed E-state index contributed by atoms with van der Waals surface area (Å²) in [6.07, 6.45) is 3.47. The zero-order valence-corrected chi connectivity index (χ0v) is 25.8. The number of hydrogen-bond donors (Lipinski definition) is 2. The fourth-order valence-electron chi connectivity index (χ4n) is 3.23. The number of ether oxygens (including phenoxy) is 2. The molecule has 0 aliphatic carbocycles. The Bertz CT molecular complexity index is 1470. The summed E-state index contributed by atoms with van der Waals surface area (Å²) in [4.78, 5) is 0. The molecule has 0 saturated carbocycles. The summed E-state index contributed by atoms with van der Waals surface area (Å²) in [6.45, 7) is 8.09. The van der Waals surface area contributed by atoms with E-state index in [1.165, 1.54) is 6.42 Å². The summed E-state index contributed by atoms with van der Waals surface area (Å²) < 4.78 is 61.6. The van der Waals surface area contributed by atoms with Gasteiger partial charge in [-0.05, 0) is 73.5 Å². The largest absolute Gasteiger partial charge is 0.455 e. The molecule has 0 aliphatic rings. The molecule has 8 nitrogen and oxygen atoms in total. The van der Waals surface area contributed by atoms with E-state index in [0.717, 1.165) is 23.6 Å². The molecular formula is C31H38N2O6S2. The molecule has 0 aliphatic heterocycles. The quantitative estimate of drug-likeness (QED) is 0.215. The molecule has 0 atom stereocenters. The van der Waals surface area contributed by atoms with Gasteiger partial charge < -0.3 is 9.47 Å². The molecule has 0 spiro atoms. The van der Waals surface area contributed by atoms with E-state index in [-0.39, 0.29) is 0 Å². The molecule has 0 fully saturated rings. The van der Waals surface area contributed by atoms with Crippen LogP contribution in [0.3, 0.4) is 0 Å². The second kappa shape index (κ2) is 15.7. The van der Waals surface area contributed by atoms with Crippen LogP contribution in [0.4, 0.5) is 11.4 Å². The molecule has 0 unspecified atom stereocenters. The molecule has 4 aromatic rings. The lowest BCUT2D eigenvalue weighted by atomic mass is 10.2. The van der Waals surface area contributed by atoms with Gasteiger partial charge in [0.2, 0.25) is 20.0 Å². The average Bonchev–Trinajstić information content (AvgIpc) is 2.88. The number of aryl methyl sites for hydroxylation is 2. The van der Waals surface area contributed by atoms with Crippen molar-refractivity contribution in [1.82, 2.24) is 0 Å². The monoisotopic (exact) mass is 598 g/mol. The SMILES string of the molecule is CCC.Cc1ccc(NS(C)(=O)=O)c(Oc2ccccc2)c1.Cc1ccc(NS(C)(=O)=O)c(Oc2ccccc2)c1. The predicted octanol–water partition coefficient (Wildman–Crippen LogP) is 7.73. The van der Waals surface area contributed by atoms with Crippen LogP contribution >= 0.6 is 0 Å². The van der Waals surface area contributed by atoms with Crippen molar-refractivity contribution in [2.24, 2.45) is 0 Å². The third-order valence-corrected chi connectivity index (χ3v) is 5.99. The highest BCUT2D eigenvalue weighted by Gasteiger charge is 2.11. The molecule has 10 heteroatoms. The predicted molar refractivity (Wildman–Crippen MR) is 168 cm³/mol. The number of nitrogens with one attached hydrogen (secondary N) is 2. The summed E-state index contributed by atoms with van der Waals surface area (Å²) in [5.41, 5.74) is 2.84. The van der Waals surface area contributed by atoms with Crippen molar-refractivity contribution in [2.75, 3.05) is 22.0 Å². The molecule has 2 N–H and O–H groups in total. The van der Waals surface area contributed by atoms with Crippen molar-refractivity contribution in [3.05, 3.63) is 108 Å². The first kappa shape index (κ1) is 33.2. The maximum absolute atomic E-state index is 11.3. The summed E-state index contributed by atoms with van der Waals surface area (Å²) in [5, 5.41) is 0. The fraction of sp³-hybridized carbons (Fsp3) is 0.226. The van der Waals surface area contributed by atoms with Crippen molar-refractivity contribution < 1.29 is 26.3 Å². The minimum Gasteiger partial charge on any atom is -0.455 e. The summed E-state index contributed by atoms with van der Waals surface area (Å²) in [6, 6.07) is 29.1. The van der Waals surface area contributed by atoms with Crippen LogP contribution in [0, 0.1) is 13.8 Å². The number of benzene rings is 4. The van der Waals surface area contributed by atoms with Crippen molar-refractivity contribution in [3.63, 3.8) is 0 Å². The second-order valence-electron chi connectivity index (χ2n) is 9.29. The Balaban J connectivity index is 0.000000262. The molecular weight excluding hydrogens is 560 g/mol. The highest BCUT2D eigenvalue weighted by Crippen LogP contribution is 2.32. The van der Waals surface area contributed by atoms with Crippen LogP contribution in [0.5, 0.6) is 23.0 Å². The lowest BCUT2D eigenvalue weighted by Gasteiger charge is -2.12. The molecule has 0 amide bonds. The molecule has 4 aromatic carbocycles.